The number of halogens is 3. The van der Waals surface area contributed by atoms with E-state index in [1.54, 1.807) is 0 Å². The molecule has 0 atom stereocenters. The molecule has 0 aromatic heterocycles. The predicted molar refractivity (Wildman–Crippen MR) is 55.5 cm³/mol. The largest absolute Gasteiger partial charge is 0.573 e. The topological polar surface area (TPSA) is 55.8 Å². The number of ether oxygens (including phenoxy) is 2. The lowest BCUT2D eigenvalue weighted by atomic mass is 10.3. The smallest absolute Gasteiger partial charge is 0.494 e. The molecule has 18 heavy (non-hydrogen) atoms. The Hall–Kier alpha value is -1.92. The van der Waals surface area contributed by atoms with Crippen LogP contribution in [0.25, 0.3) is 0 Å². The summed E-state index contributed by atoms with van der Waals surface area (Å²) in [5.74, 6) is -0.900. The quantitative estimate of drug-likeness (QED) is 0.803. The summed E-state index contributed by atoms with van der Waals surface area (Å²) in [6, 6.07) is 4.89. The summed E-state index contributed by atoms with van der Waals surface area (Å²) in [6.45, 7) is 0.186. The van der Waals surface area contributed by atoms with Gasteiger partial charge in [0.1, 0.15) is 11.5 Å². The highest BCUT2D eigenvalue weighted by atomic mass is 19.4. The minimum Gasteiger partial charge on any atom is -0.494 e. The molecular weight excluding hydrogens is 253 g/mol. The molecule has 0 heterocycles. The average molecular weight is 264 g/mol. The van der Waals surface area contributed by atoms with Crippen molar-refractivity contribution in [2.75, 3.05) is 6.61 Å². The van der Waals surface area contributed by atoms with Crippen LogP contribution < -0.4 is 9.47 Å². The summed E-state index contributed by atoms with van der Waals surface area (Å²) in [5, 5.41) is 8.38. The number of carboxylic acid groups (broad SMARTS) is 1. The number of benzene rings is 1. The van der Waals surface area contributed by atoms with Gasteiger partial charge in [-0.3, -0.25) is 4.79 Å². The van der Waals surface area contributed by atoms with E-state index in [4.69, 9.17) is 9.84 Å². The van der Waals surface area contributed by atoms with Crippen molar-refractivity contribution in [2.24, 2.45) is 0 Å². The molecule has 0 amide bonds. The van der Waals surface area contributed by atoms with E-state index in [0.29, 0.717) is 12.2 Å². The van der Waals surface area contributed by atoms with Crippen LogP contribution in [0.3, 0.4) is 0 Å². The highest BCUT2D eigenvalue weighted by Gasteiger charge is 2.30. The molecule has 0 aliphatic heterocycles. The van der Waals surface area contributed by atoms with Gasteiger partial charge in [0.15, 0.2) is 0 Å². The van der Waals surface area contributed by atoms with Crippen LogP contribution in [0.4, 0.5) is 13.2 Å². The Kier molecular flexibility index (Phi) is 4.82. The molecule has 7 heteroatoms. The van der Waals surface area contributed by atoms with E-state index in [9.17, 15) is 18.0 Å². The van der Waals surface area contributed by atoms with Crippen molar-refractivity contribution in [1.29, 1.82) is 0 Å². The third-order valence-electron chi connectivity index (χ3n) is 1.86. The maximum Gasteiger partial charge on any atom is 0.573 e. The van der Waals surface area contributed by atoms with Crippen LogP contribution in [0.1, 0.15) is 12.8 Å². The molecule has 0 radical (unpaired) electrons. The van der Waals surface area contributed by atoms with Gasteiger partial charge in [0.2, 0.25) is 0 Å². The van der Waals surface area contributed by atoms with Crippen molar-refractivity contribution < 1.29 is 32.5 Å². The van der Waals surface area contributed by atoms with E-state index in [0.717, 1.165) is 12.1 Å². The Morgan fingerprint density at radius 1 is 1.17 bits per heavy atom. The van der Waals surface area contributed by atoms with Crippen molar-refractivity contribution in [3.8, 4) is 11.5 Å². The van der Waals surface area contributed by atoms with Gasteiger partial charge in [0.05, 0.1) is 6.61 Å². The van der Waals surface area contributed by atoms with Gasteiger partial charge >= 0.3 is 12.3 Å². The molecule has 0 spiro atoms. The number of aliphatic carboxylic acids is 1. The van der Waals surface area contributed by atoms with Gasteiger partial charge < -0.3 is 14.6 Å². The Labute approximate surface area is 101 Å². The fourth-order valence-corrected chi connectivity index (χ4v) is 1.15. The van der Waals surface area contributed by atoms with Gasteiger partial charge in [-0.25, -0.2) is 0 Å². The SMILES string of the molecule is O=C(O)CCCOc1ccc(OC(F)(F)F)cc1. The molecule has 0 fully saturated rings. The Balaban J connectivity index is 2.38. The van der Waals surface area contributed by atoms with Crippen LogP contribution in [0.15, 0.2) is 24.3 Å². The van der Waals surface area contributed by atoms with Crippen molar-refractivity contribution >= 4 is 5.97 Å². The van der Waals surface area contributed by atoms with E-state index < -0.39 is 12.3 Å². The van der Waals surface area contributed by atoms with Crippen molar-refractivity contribution in [3.05, 3.63) is 24.3 Å². The number of carbonyl (C=O) groups is 1. The molecule has 100 valence electrons. The van der Waals surface area contributed by atoms with E-state index in [-0.39, 0.29) is 18.8 Å². The molecule has 4 nitrogen and oxygen atoms in total. The van der Waals surface area contributed by atoms with Crippen molar-refractivity contribution in [2.45, 2.75) is 19.2 Å². The summed E-state index contributed by atoms with van der Waals surface area (Å²) in [4.78, 5) is 10.2. The summed E-state index contributed by atoms with van der Waals surface area (Å²) in [6.07, 6.45) is -4.41. The Morgan fingerprint density at radius 3 is 2.22 bits per heavy atom. The molecule has 0 saturated carbocycles. The predicted octanol–water partition coefficient (Wildman–Crippen LogP) is 2.83. The molecule has 1 N–H and O–H groups in total. The second-order valence-corrected chi connectivity index (χ2v) is 3.36. The normalized spacial score (nSPS) is 11.1. The van der Waals surface area contributed by atoms with Crippen LogP contribution in [-0.4, -0.2) is 24.0 Å². The fourth-order valence-electron chi connectivity index (χ4n) is 1.15. The molecule has 1 aromatic carbocycles. The third-order valence-corrected chi connectivity index (χ3v) is 1.86. The first-order chi connectivity index (χ1) is 8.37. The van der Waals surface area contributed by atoms with E-state index in [2.05, 4.69) is 4.74 Å². The van der Waals surface area contributed by atoms with Gasteiger partial charge in [-0.05, 0) is 30.7 Å². The maximum absolute atomic E-state index is 11.9. The van der Waals surface area contributed by atoms with E-state index in [1.165, 1.54) is 12.1 Å². The number of carboxylic acids is 1. The molecule has 0 bridgehead atoms. The van der Waals surface area contributed by atoms with Crippen LogP contribution in [0.2, 0.25) is 0 Å². The Morgan fingerprint density at radius 2 is 1.72 bits per heavy atom. The molecule has 0 aliphatic carbocycles. The van der Waals surface area contributed by atoms with E-state index >= 15 is 0 Å². The first kappa shape index (κ1) is 14.1. The first-order valence-corrected chi connectivity index (χ1v) is 5.07. The monoisotopic (exact) mass is 264 g/mol. The average Bonchev–Trinajstić information content (AvgIpc) is 2.24. The second-order valence-electron chi connectivity index (χ2n) is 3.36. The van der Waals surface area contributed by atoms with Gasteiger partial charge in [-0.1, -0.05) is 0 Å². The second kappa shape index (κ2) is 6.13. The first-order valence-electron chi connectivity index (χ1n) is 5.07. The molecular formula is C11H11F3O4. The zero-order chi connectivity index (χ0) is 13.6. The zero-order valence-electron chi connectivity index (χ0n) is 9.24. The molecule has 1 rings (SSSR count). The highest BCUT2D eigenvalue weighted by molar-refractivity contribution is 5.66. The van der Waals surface area contributed by atoms with Gasteiger partial charge in [0.25, 0.3) is 0 Å². The number of rotatable bonds is 6. The Bertz CT molecular complexity index is 386. The van der Waals surface area contributed by atoms with Gasteiger partial charge in [-0.2, -0.15) is 0 Å². The fraction of sp³-hybridized carbons (Fsp3) is 0.364. The lowest BCUT2D eigenvalue weighted by molar-refractivity contribution is -0.274. The standard InChI is InChI=1S/C11H11F3O4/c12-11(13,14)18-9-5-3-8(4-6-9)17-7-1-2-10(15)16/h3-6H,1-2,7H2,(H,15,16). The van der Waals surface area contributed by atoms with Crippen LogP contribution in [0, 0.1) is 0 Å². The van der Waals surface area contributed by atoms with E-state index in [1.807, 2.05) is 0 Å². The molecule has 1 aromatic rings. The summed E-state index contributed by atoms with van der Waals surface area (Å²) in [7, 11) is 0. The van der Waals surface area contributed by atoms with Crippen LogP contribution >= 0.6 is 0 Å². The molecule has 0 unspecified atom stereocenters. The number of hydrogen-bond acceptors (Lipinski definition) is 3. The van der Waals surface area contributed by atoms with Gasteiger partial charge in [-0.15, -0.1) is 13.2 Å². The molecule has 0 aliphatic rings. The summed E-state index contributed by atoms with van der Waals surface area (Å²) < 4.78 is 44.4. The number of alkyl halides is 3. The lowest BCUT2D eigenvalue weighted by Gasteiger charge is -2.09. The zero-order valence-corrected chi connectivity index (χ0v) is 9.24. The van der Waals surface area contributed by atoms with Crippen molar-refractivity contribution in [1.82, 2.24) is 0 Å². The van der Waals surface area contributed by atoms with Crippen molar-refractivity contribution in [3.63, 3.8) is 0 Å². The third kappa shape index (κ3) is 5.97. The minimum atomic E-state index is -4.72. The van der Waals surface area contributed by atoms with Crippen LogP contribution in [0.5, 0.6) is 11.5 Å². The van der Waals surface area contributed by atoms with Gasteiger partial charge in [0, 0.05) is 6.42 Å². The number of hydrogen-bond donors (Lipinski definition) is 1. The minimum absolute atomic E-state index is 0.0186. The summed E-state index contributed by atoms with van der Waals surface area (Å²) >= 11 is 0. The molecule has 0 saturated heterocycles. The lowest BCUT2D eigenvalue weighted by Crippen LogP contribution is -2.16. The van der Waals surface area contributed by atoms with Crippen LogP contribution in [-0.2, 0) is 4.79 Å². The highest BCUT2D eigenvalue weighted by Crippen LogP contribution is 2.24. The maximum atomic E-state index is 11.9. The summed E-state index contributed by atoms with van der Waals surface area (Å²) in [5.41, 5.74) is 0.